The zero-order valence-electron chi connectivity index (χ0n) is 12.3. The van der Waals surface area contributed by atoms with Crippen molar-refractivity contribution in [1.29, 1.82) is 0 Å². The predicted molar refractivity (Wildman–Crippen MR) is 83.0 cm³/mol. The lowest BCUT2D eigenvalue weighted by Gasteiger charge is -2.14. The zero-order valence-corrected chi connectivity index (χ0v) is 12.3. The minimum atomic E-state index is -0.551. The first-order valence-corrected chi connectivity index (χ1v) is 6.92. The molecule has 2 amide bonds. The number of hydrogen-bond donors (Lipinski definition) is 3. The van der Waals surface area contributed by atoms with E-state index >= 15 is 0 Å². The Kier molecular flexibility index (Phi) is 4.94. The number of nitrogens with one attached hydrogen (secondary N) is 2. The molecule has 0 aliphatic heterocycles. The Balaban J connectivity index is 1.82. The summed E-state index contributed by atoms with van der Waals surface area (Å²) in [4.78, 5) is 10.8. The molecule has 0 bridgehead atoms. The van der Waals surface area contributed by atoms with Gasteiger partial charge in [0.25, 0.3) is 0 Å². The van der Waals surface area contributed by atoms with Crippen molar-refractivity contribution in [3.63, 3.8) is 0 Å². The molecule has 1 unspecified atom stereocenters. The normalized spacial score (nSPS) is 12.1. The maximum absolute atomic E-state index is 10.8. The largest absolute Gasteiger partial charge is 0.351 e. The smallest absolute Gasteiger partial charge is 0.316 e. The van der Waals surface area contributed by atoms with Crippen molar-refractivity contribution in [2.45, 2.75) is 19.4 Å². The minimum Gasteiger partial charge on any atom is -0.351 e. The van der Waals surface area contributed by atoms with Crippen molar-refractivity contribution in [1.82, 2.24) is 15.1 Å². The molecule has 0 radical (unpaired) electrons. The van der Waals surface area contributed by atoms with Gasteiger partial charge in [-0.05, 0) is 43.1 Å². The fourth-order valence-corrected chi connectivity index (χ4v) is 2.15. The van der Waals surface area contributed by atoms with Gasteiger partial charge in [0, 0.05) is 25.0 Å². The van der Waals surface area contributed by atoms with Gasteiger partial charge in [0.05, 0.1) is 6.20 Å². The van der Waals surface area contributed by atoms with Gasteiger partial charge >= 0.3 is 6.03 Å². The third-order valence-electron chi connectivity index (χ3n) is 3.30. The molecule has 0 aliphatic rings. The van der Waals surface area contributed by atoms with E-state index in [-0.39, 0.29) is 6.04 Å². The van der Waals surface area contributed by atoms with E-state index in [1.807, 2.05) is 48.4 Å². The molecule has 1 aromatic carbocycles. The molecule has 112 valence electrons. The number of carbonyl (C=O) groups is 1. The van der Waals surface area contributed by atoms with E-state index in [4.69, 9.17) is 5.73 Å². The predicted octanol–water partition coefficient (Wildman–Crippen LogP) is 1.80. The van der Waals surface area contributed by atoms with Crippen LogP contribution in [0.1, 0.15) is 24.1 Å². The minimum absolute atomic E-state index is 0.240. The van der Waals surface area contributed by atoms with Crippen molar-refractivity contribution in [2.24, 2.45) is 12.8 Å². The van der Waals surface area contributed by atoms with Gasteiger partial charge < -0.3 is 16.4 Å². The average molecular weight is 287 g/mol. The van der Waals surface area contributed by atoms with Crippen LogP contribution in [0.25, 0.3) is 0 Å². The second kappa shape index (κ2) is 6.90. The Morgan fingerprint density at radius 1 is 1.38 bits per heavy atom. The third-order valence-corrected chi connectivity index (χ3v) is 3.30. The summed E-state index contributed by atoms with van der Waals surface area (Å²) in [6.45, 7) is 2.99. The van der Waals surface area contributed by atoms with Gasteiger partial charge in [-0.1, -0.05) is 12.1 Å². The SMILES string of the molecule is CC(NCCc1cnn(C)c1)c1ccc(NC(N)=O)cc1. The van der Waals surface area contributed by atoms with E-state index in [0.717, 1.165) is 18.5 Å². The number of aromatic nitrogens is 2. The summed E-state index contributed by atoms with van der Waals surface area (Å²) in [6.07, 6.45) is 4.85. The Morgan fingerprint density at radius 2 is 2.10 bits per heavy atom. The first-order valence-electron chi connectivity index (χ1n) is 6.92. The molecule has 0 fully saturated rings. The van der Waals surface area contributed by atoms with Crippen LogP contribution in [0.4, 0.5) is 10.5 Å². The molecule has 2 aromatic rings. The second-order valence-corrected chi connectivity index (χ2v) is 5.06. The van der Waals surface area contributed by atoms with Crippen LogP contribution in [0.2, 0.25) is 0 Å². The monoisotopic (exact) mass is 287 g/mol. The molecule has 0 saturated carbocycles. The van der Waals surface area contributed by atoms with Crippen LogP contribution in [0.15, 0.2) is 36.7 Å². The van der Waals surface area contributed by atoms with E-state index in [2.05, 4.69) is 22.7 Å². The maximum Gasteiger partial charge on any atom is 0.316 e. The zero-order chi connectivity index (χ0) is 15.2. The lowest BCUT2D eigenvalue weighted by molar-refractivity contribution is 0.259. The first-order chi connectivity index (χ1) is 10.0. The van der Waals surface area contributed by atoms with Crippen LogP contribution in [0.3, 0.4) is 0 Å². The molecular weight excluding hydrogens is 266 g/mol. The van der Waals surface area contributed by atoms with E-state index in [0.29, 0.717) is 5.69 Å². The summed E-state index contributed by atoms with van der Waals surface area (Å²) in [7, 11) is 1.92. The van der Waals surface area contributed by atoms with Gasteiger partial charge in [-0.2, -0.15) is 5.10 Å². The summed E-state index contributed by atoms with van der Waals surface area (Å²) in [5.41, 5.74) is 8.16. The van der Waals surface area contributed by atoms with Gasteiger partial charge in [0.15, 0.2) is 0 Å². The molecular formula is C15H21N5O. The summed E-state index contributed by atoms with van der Waals surface area (Å²) in [5, 5.41) is 10.2. The number of carbonyl (C=O) groups excluding carboxylic acids is 1. The quantitative estimate of drug-likeness (QED) is 0.757. The fourth-order valence-electron chi connectivity index (χ4n) is 2.15. The van der Waals surface area contributed by atoms with Crippen molar-refractivity contribution in [3.8, 4) is 0 Å². The van der Waals surface area contributed by atoms with Crippen molar-refractivity contribution in [2.75, 3.05) is 11.9 Å². The molecule has 6 nitrogen and oxygen atoms in total. The lowest BCUT2D eigenvalue weighted by atomic mass is 10.1. The highest BCUT2D eigenvalue weighted by atomic mass is 16.2. The number of urea groups is 1. The van der Waals surface area contributed by atoms with Crippen LogP contribution >= 0.6 is 0 Å². The van der Waals surface area contributed by atoms with Gasteiger partial charge in [0.2, 0.25) is 0 Å². The highest BCUT2D eigenvalue weighted by molar-refractivity contribution is 5.87. The second-order valence-electron chi connectivity index (χ2n) is 5.06. The number of primary amides is 1. The molecule has 2 rings (SSSR count). The number of anilines is 1. The van der Waals surface area contributed by atoms with Gasteiger partial charge in [-0.25, -0.2) is 4.79 Å². The van der Waals surface area contributed by atoms with Crippen LogP contribution < -0.4 is 16.4 Å². The molecule has 4 N–H and O–H groups in total. The summed E-state index contributed by atoms with van der Waals surface area (Å²) >= 11 is 0. The average Bonchev–Trinajstić information content (AvgIpc) is 2.84. The number of benzene rings is 1. The summed E-state index contributed by atoms with van der Waals surface area (Å²) in [5.74, 6) is 0. The van der Waals surface area contributed by atoms with Gasteiger partial charge in [-0.15, -0.1) is 0 Å². The van der Waals surface area contributed by atoms with Crippen molar-refractivity contribution in [3.05, 3.63) is 47.8 Å². The van der Waals surface area contributed by atoms with Crippen LogP contribution in [0, 0.1) is 0 Å². The molecule has 21 heavy (non-hydrogen) atoms. The summed E-state index contributed by atoms with van der Waals surface area (Å²) < 4.78 is 1.81. The van der Waals surface area contributed by atoms with Crippen LogP contribution in [-0.4, -0.2) is 22.4 Å². The van der Waals surface area contributed by atoms with E-state index in [1.165, 1.54) is 5.56 Å². The Hall–Kier alpha value is -2.34. The van der Waals surface area contributed by atoms with Gasteiger partial charge in [0.1, 0.15) is 0 Å². The fraction of sp³-hybridized carbons (Fsp3) is 0.333. The molecule has 1 aromatic heterocycles. The maximum atomic E-state index is 10.8. The topological polar surface area (TPSA) is 85.0 Å². The Labute approximate surface area is 124 Å². The molecule has 0 aliphatic carbocycles. The molecule has 0 spiro atoms. The third kappa shape index (κ3) is 4.61. The Bertz CT molecular complexity index is 590. The molecule has 1 atom stereocenters. The highest BCUT2D eigenvalue weighted by Gasteiger charge is 2.05. The summed E-state index contributed by atoms with van der Waals surface area (Å²) in [6, 6.07) is 7.34. The number of nitrogens with two attached hydrogens (primary N) is 1. The number of aryl methyl sites for hydroxylation is 1. The van der Waals surface area contributed by atoms with Crippen molar-refractivity contribution >= 4 is 11.7 Å². The number of nitrogens with zero attached hydrogens (tertiary/aromatic N) is 2. The van der Waals surface area contributed by atoms with Crippen LogP contribution in [0.5, 0.6) is 0 Å². The first kappa shape index (κ1) is 15.1. The highest BCUT2D eigenvalue weighted by Crippen LogP contribution is 2.16. The number of rotatable bonds is 6. The number of hydrogen-bond acceptors (Lipinski definition) is 3. The van der Waals surface area contributed by atoms with E-state index in [9.17, 15) is 4.79 Å². The van der Waals surface area contributed by atoms with Crippen LogP contribution in [-0.2, 0) is 13.5 Å². The van der Waals surface area contributed by atoms with E-state index in [1.54, 1.807) is 0 Å². The van der Waals surface area contributed by atoms with E-state index < -0.39 is 6.03 Å². The molecule has 6 heteroatoms. The molecule has 1 heterocycles. The Morgan fingerprint density at radius 3 is 2.67 bits per heavy atom. The molecule has 0 saturated heterocycles. The lowest BCUT2D eigenvalue weighted by Crippen LogP contribution is -2.21. The standard InChI is InChI=1S/C15H21N5O/c1-11(17-8-7-12-9-18-20(2)10-12)13-3-5-14(6-4-13)19-15(16)21/h3-6,9-11,17H,7-8H2,1-2H3,(H3,16,19,21). The number of amides is 2. The van der Waals surface area contributed by atoms with Crippen molar-refractivity contribution < 1.29 is 4.79 Å². The van der Waals surface area contributed by atoms with Gasteiger partial charge in [-0.3, -0.25) is 4.68 Å².